The molecule has 0 radical (unpaired) electrons. The number of phenolic OH excluding ortho intramolecular Hbond substituents is 1. The first-order chi connectivity index (χ1) is 9.06. The van der Waals surface area contributed by atoms with Crippen LogP contribution in [0.4, 0.5) is 4.39 Å². The zero-order valence-corrected chi connectivity index (χ0v) is 11.4. The molecule has 1 amide bonds. The van der Waals surface area contributed by atoms with Crippen molar-refractivity contribution in [3.8, 4) is 5.75 Å². The van der Waals surface area contributed by atoms with Gasteiger partial charge in [-0.15, -0.1) is 0 Å². The van der Waals surface area contributed by atoms with Gasteiger partial charge in [0.25, 0.3) is 5.91 Å². The second-order valence-corrected chi connectivity index (χ2v) is 4.83. The average molecular weight is 324 g/mol. The van der Waals surface area contributed by atoms with E-state index in [-0.39, 0.29) is 23.8 Å². The summed E-state index contributed by atoms with van der Waals surface area (Å²) in [6, 6.07) is 10.5. The van der Waals surface area contributed by atoms with Gasteiger partial charge in [0.15, 0.2) is 0 Å². The van der Waals surface area contributed by atoms with E-state index in [0.29, 0.717) is 4.47 Å². The summed E-state index contributed by atoms with van der Waals surface area (Å²) in [6.45, 7) is 0.260. The molecule has 0 atom stereocenters. The fraction of sp³-hybridized carbons (Fsp3) is 0.0714. The topological polar surface area (TPSA) is 49.3 Å². The maximum Gasteiger partial charge on any atom is 0.252 e. The fourth-order valence-corrected chi connectivity index (χ4v) is 2.04. The molecule has 0 aliphatic rings. The molecule has 19 heavy (non-hydrogen) atoms. The molecule has 2 aromatic carbocycles. The van der Waals surface area contributed by atoms with E-state index in [0.717, 1.165) is 5.56 Å². The van der Waals surface area contributed by atoms with E-state index in [1.165, 1.54) is 18.2 Å². The zero-order valence-electron chi connectivity index (χ0n) is 9.86. The summed E-state index contributed by atoms with van der Waals surface area (Å²) in [6.07, 6.45) is 0. The molecule has 0 aromatic heterocycles. The van der Waals surface area contributed by atoms with Crippen LogP contribution in [-0.2, 0) is 6.54 Å². The Labute approximate surface area is 118 Å². The lowest BCUT2D eigenvalue weighted by Crippen LogP contribution is -2.23. The summed E-state index contributed by atoms with van der Waals surface area (Å²) in [5.74, 6) is -0.709. The predicted molar refractivity (Wildman–Crippen MR) is 73.4 cm³/mol. The second kappa shape index (κ2) is 5.84. The van der Waals surface area contributed by atoms with Crippen molar-refractivity contribution in [3.63, 3.8) is 0 Å². The zero-order chi connectivity index (χ0) is 13.8. The van der Waals surface area contributed by atoms with Crippen molar-refractivity contribution < 1.29 is 14.3 Å². The molecule has 0 fully saturated rings. The lowest BCUT2D eigenvalue weighted by Gasteiger charge is -2.07. The van der Waals surface area contributed by atoms with Crippen LogP contribution in [0.15, 0.2) is 46.9 Å². The van der Waals surface area contributed by atoms with Gasteiger partial charge in [-0.2, -0.15) is 0 Å². The van der Waals surface area contributed by atoms with E-state index < -0.39 is 5.82 Å². The standard InChI is InChI=1S/C14H11BrFNO2/c15-13-5-4-10(16)7-12(13)14(19)17-8-9-2-1-3-11(18)6-9/h1-7,18H,8H2,(H,17,19). The van der Waals surface area contributed by atoms with Gasteiger partial charge in [-0.05, 0) is 51.8 Å². The molecule has 98 valence electrons. The van der Waals surface area contributed by atoms with E-state index in [1.807, 2.05) is 0 Å². The number of nitrogens with one attached hydrogen (secondary N) is 1. The molecule has 0 saturated carbocycles. The monoisotopic (exact) mass is 323 g/mol. The number of rotatable bonds is 3. The number of carbonyl (C=O) groups is 1. The highest BCUT2D eigenvalue weighted by Gasteiger charge is 2.10. The molecular weight excluding hydrogens is 313 g/mol. The van der Waals surface area contributed by atoms with E-state index in [2.05, 4.69) is 21.2 Å². The molecule has 0 spiro atoms. The summed E-state index contributed by atoms with van der Waals surface area (Å²) in [7, 11) is 0. The van der Waals surface area contributed by atoms with Crippen molar-refractivity contribution in [1.29, 1.82) is 0 Å². The maximum absolute atomic E-state index is 13.1. The molecule has 2 N–H and O–H groups in total. The first kappa shape index (κ1) is 13.5. The Hall–Kier alpha value is -1.88. The largest absolute Gasteiger partial charge is 0.508 e. The van der Waals surface area contributed by atoms with Crippen LogP contribution >= 0.6 is 15.9 Å². The van der Waals surface area contributed by atoms with Crippen molar-refractivity contribution in [2.24, 2.45) is 0 Å². The minimum atomic E-state index is -0.467. The van der Waals surface area contributed by atoms with Crippen molar-refractivity contribution in [2.75, 3.05) is 0 Å². The summed E-state index contributed by atoms with van der Waals surface area (Å²) in [5, 5.41) is 12.0. The van der Waals surface area contributed by atoms with Gasteiger partial charge in [-0.3, -0.25) is 4.79 Å². The lowest BCUT2D eigenvalue weighted by molar-refractivity contribution is 0.0949. The fourth-order valence-electron chi connectivity index (χ4n) is 1.62. The third-order valence-corrected chi connectivity index (χ3v) is 3.23. The van der Waals surface area contributed by atoms with Crippen molar-refractivity contribution in [3.05, 3.63) is 63.9 Å². The third kappa shape index (κ3) is 3.54. The quantitative estimate of drug-likeness (QED) is 0.911. The molecular formula is C14H11BrFNO2. The van der Waals surface area contributed by atoms with Gasteiger partial charge in [0.05, 0.1) is 5.56 Å². The minimum absolute atomic E-state index is 0.138. The first-order valence-electron chi connectivity index (χ1n) is 5.57. The Morgan fingerprint density at radius 2 is 2.05 bits per heavy atom. The van der Waals surface area contributed by atoms with Gasteiger partial charge >= 0.3 is 0 Å². The minimum Gasteiger partial charge on any atom is -0.508 e. The number of carbonyl (C=O) groups excluding carboxylic acids is 1. The molecule has 0 saturated heterocycles. The maximum atomic E-state index is 13.1. The normalized spacial score (nSPS) is 10.2. The van der Waals surface area contributed by atoms with Crippen LogP contribution in [0.25, 0.3) is 0 Å². The number of hydrogen-bond acceptors (Lipinski definition) is 2. The van der Waals surface area contributed by atoms with Crippen LogP contribution in [0, 0.1) is 5.82 Å². The molecule has 5 heteroatoms. The van der Waals surface area contributed by atoms with Crippen LogP contribution < -0.4 is 5.32 Å². The van der Waals surface area contributed by atoms with Gasteiger partial charge in [0, 0.05) is 11.0 Å². The Morgan fingerprint density at radius 1 is 1.26 bits per heavy atom. The van der Waals surface area contributed by atoms with E-state index >= 15 is 0 Å². The van der Waals surface area contributed by atoms with Gasteiger partial charge in [0.1, 0.15) is 11.6 Å². The molecule has 2 aromatic rings. The van der Waals surface area contributed by atoms with Crippen LogP contribution in [0.5, 0.6) is 5.75 Å². The smallest absolute Gasteiger partial charge is 0.252 e. The summed E-state index contributed by atoms with van der Waals surface area (Å²) in [5.41, 5.74) is 1.00. The molecule has 0 bridgehead atoms. The predicted octanol–water partition coefficient (Wildman–Crippen LogP) is 3.22. The molecule has 0 aliphatic carbocycles. The Bertz CT molecular complexity index is 616. The number of halogens is 2. The van der Waals surface area contributed by atoms with Crippen molar-refractivity contribution >= 4 is 21.8 Å². The highest BCUT2D eigenvalue weighted by atomic mass is 79.9. The van der Waals surface area contributed by atoms with Crippen LogP contribution in [0.1, 0.15) is 15.9 Å². The van der Waals surface area contributed by atoms with E-state index in [4.69, 9.17) is 0 Å². The molecule has 0 heterocycles. The van der Waals surface area contributed by atoms with Gasteiger partial charge in [-0.1, -0.05) is 12.1 Å². The second-order valence-electron chi connectivity index (χ2n) is 3.98. The van der Waals surface area contributed by atoms with E-state index in [1.54, 1.807) is 24.3 Å². The lowest BCUT2D eigenvalue weighted by atomic mass is 10.2. The van der Waals surface area contributed by atoms with Crippen molar-refractivity contribution in [1.82, 2.24) is 5.32 Å². The first-order valence-corrected chi connectivity index (χ1v) is 6.37. The van der Waals surface area contributed by atoms with Crippen LogP contribution in [-0.4, -0.2) is 11.0 Å². The summed E-state index contributed by atoms with van der Waals surface area (Å²) < 4.78 is 13.6. The Morgan fingerprint density at radius 3 is 2.79 bits per heavy atom. The molecule has 3 nitrogen and oxygen atoms in total. The Balaban J connectivity index is 2.07. The van der Waals surface area contributed by atoms with Gasteiger partial charge in [-0.25, -0.2) is 4.39 Å². The van der Waals surface area contributed by atoms with Gasteiger partial charge < -0.3 is 10.4 Å². The highest BCUT2D eigenvalue weighted by Crippen LogP contribution is 2.18. The van der Waals surface area contributed by atoms with Gasteiger partial charge in [0.2, 0.25) is 0 Å². The SMILES string of the molecule is O=C(NCc1cccc(O)c1)c1cc(F)ccc1Br. The van der Waals surface area contributed by atoms with Crippen LogP contribution in [0.3, 0.4) is 0 Å². The Kier molecular flexibility index (Phi) is 4.16. The number of aromatic hydroxyl groups is 1. The van der Waals surface area contributed by atoms with Crippen LogP contribution in [0.2, 0.25) is 0 Å². The van der Waals surface area contributed by atoms with Crippen molar-refractivity contribution in [2.45, 2.75) is 6.54 Å². The highest BCUT2D eigenvalue weighted by molar-refractivity contribution is 9.10. The number of amides is 1. The number of phenols is 1. The summed E-state index contributed by atoms with van der Waals surface area (Å²) in [4.78, 5) is 11.9. The molecule has 2 rings (SSSR count). The van der Waals surface area contributed by atoms with E-state index in [9.17, 15) is 14.3 Å². The number of benzene rings is 2. The third-order valence-electron chi connectivity index (χ3n) is 2.54. The molecule has 0 unspecified atom stereocenters. The number of hydrogen-bond donors (Lipinski definition) is 2. The molecule has 0 aliphatic heterocycles. The average Bonchev–Trinajstić information content (AvgIpc) is 2.39. The summed E-state index contributed by atoms with van der Waals surface area (Å²) >= 11 is 3.20.